The fourth-order valence-electron chi connectivity index (χ4n) is 1.71. The Morgan fingerprint density at radius 3 is 2.71 bits per heavy atom. The fourth-order valence-corrected chi connectivity index (χ4v) is 1.71. The lowest BCUT2D eigenvalue weighted by molar-refractivity contribution is -0.123. The van der Waals surface area contributed by atoms with Crippen LogP contribution in [0.4, 0.5) is 5.69 Å². The van der Waals surface area contributed by atoms with Gasteiger partial charge in [0.05, 0.1) is 5.69 Å². The summed E-state index contributed by atoms with van der Waals surface area (Å²) in [6.45, 7) is 2.98. The largest absolute Gasteiger partial charge is 0.285 e. The Labute approximate surface area is 83.7 Å². The van der Waals surface area contributed by atoms with E-state index in [1.54, 1.807) is 0 Å². The lowest BCUT2D eigenvalue weighted by atomic mass is 10.1. The minimum absolute atomic E-state index is 0.104. The molecule has 0 saturated carbocycles. The second-order valence-electron chi connectivity index (χ2n) is 3.79. The molecule has 3 nitrogen and oxygen atoms in total. The Kier molecular flexibility index (Phi) is 2.39. The number of carbonyl (C=O) groups excluding carboxylic acids is 1. The van der Waals surface area contributed by atoms with Gasteiger partial charge in [0, 0.05) is 13.0 Å². The van der Waals surface area contributed by atoms with Gasteiger partial charge in [0.15, 0.2) is 0 Å². The molecule has 0 radical (unpaired) electrons. The molecule has 1 aromatic carbocycles. The molecule has 1 atom stereocenters. The Morgan fingerprint density at radius 2 is 2.07 bits per heavy atom. The van der Waals surface area contributed by atoms with E-state index in [1.165, 1.54) is 0 Å². The van der Waals surface area contributed by atoms with Gasteiger partial charge in [-0.25, -0.2) is 0 Å². The number of carbonyl (C=O) groups is 1. The zero-order chi connectivity index (χ0) is 9.97. The van der Waals surface area contributed by atoms with E-state index in [0.717, 1.165) is 12.2 Å². The summed E-state index contributed by atoms with van der Waals surface area (Å²) in [6.07, 6.45) is 0.628. The topological polar surface area (TPSA) is 32.3 Å². The summed E-state index contributed by atoms with van der Waals surface area (Å²) in [5.41, 5.74) is 3.91. The van der Waals surface area contributed by atoms with Crippen LogP contribution in [0, 0.1) is 5.92 Å². The lowest BCUT2D eigenvalue weighted by Crippen LogP contribution is -2.50. The third-order valence-electron chi connectivity index (χ3n) is 2.36. The quantitative estimate of drug-likeness (QED) is 0.729. The van der Waals surface area contributed by atoms with Gasteiger partial charge in [-0.05, 0) is 18.1 Å². The van der Waals surface area contributed by atoms with Crippen molar-refractivity contribution in [1.29, 1.82) is 0 Å². The van der Waals surface area contributed by atoms with Crippen LogP contribution < -0.4 is 10.4 Å². The lowest BCUT2D eigenvalue weighted by Gasteiger charge is -2.32. The van der Waals surface area contributed by atoms with Gasteiger partial charge in [-0.2, -0.15) is 0 Å². The molecule has 0 spiro atoms. The van der Waals surface area contributed by atoms with Crippen molar-refractivity contribution < 1.29 is 4.79 Å². The number of nitrogens with zero attached hydrogens (tertiary/aromatic N) is 1. The number of rotatable bonds is 1. The molecule has 1 aliphatic heterocycles. The van der Waals surface area contributed by atoms with Crippen molar-refractivity contribution in [3.05, 3.63) is 30.3 Å². The maximum absolute atomic E-state index is 11.3. The zero-order valence-corrected chi connectivity index (χ0v) is 8.23. The third-order valence-corrected chi connectivity index (χ3v) is 2.36. The highest BCUT2D eigenvalue weighted by Gasteiger charge is 2.21. The number of hydrogen-bond acceptors (Lipinski definition) is 2. The van der Waals surface area contributed by atoms with E-state index in [4.69, 9.17) is 0 Å². The molecule has 2 rings (SSSR count). The number of benzene rings is 1. The summed E-state index contributed by atoms with van der Waals surface area (Å²) < 4.78 is 0. The van der Waals surface area contributed by atoms with Gasteiger partial charge in [0.2, 0.25) is 5.91 Å². The summed E-state index contributed by atoms with van der Waals surface area (Å²) in [5, 5.41) is 1.91. The standard InChI is InChI=1S/C11H14N2O/c1-9-7-11(14)12-13(8-9)10-5-3-2-4-6-10/h2-6,9H,7-8H2,1H3,(H,12,14). The van der Waals surface area contributed by atoms with Gasteiger partial charge >= 0.3 is 0 Å². The van der Waals surface area contributed by atoms with Crippen LogP contribution in [0.1, 0.15) is 13.3 Å². The van der Waals surface area contributed by atoms with Crippen LogP contribution in [0.15, 0.2) is 30.3 Å². The Hall–Kier alpha value is -1.51. The molecule has 0 bridgehead atoms. The molecule has 1 aromatic rings. The number of hydrogen-bond donors (Lipinski definition) is 1. The predicted octanol–water partition coefficient (Wildman–Crippen LogP) is 1.56. The Morgan fingerprint density at radius 1 is 1.36 bits per heavy atom. The molecular weight excluding hydrogens is 176 g/mol. The number of hydrazine groups is 1. The van der Waals surface area contributed by atoms with Crippen LogP contribution in [-0.2, 0) is 4.79 Å². The summed E-state index contributed by atoms with van der Waals surface area (Å²) in [7, 11) is 0. The molecule has 3 heteroatoms. The van der Waals surface area contributed by atoms with Gasteiger partial charge in [-0.3, -0.25) is 15.2 Å². The molecule has 14 heavy (non-hydrogen) atoms. The van der Waals surface area contributed by atoms with E-state index in [2.05, 4.69) is 12.3 Å². The van der Waals surface area contributed by atoms with Crippen LogP contribution >= 0.6 is 0 Å². The minimum atomic E-state index is 0.104. The molecule has 1 saturated heterocycles. The van der Waals surface area contributed by atoms with Gasteiger partial charge in [0.25, 0.3) is 0 Å². The minimum Gasteiger partial charge on any atom is -0.285 e. The van der Waals surface area contributed by atoms with Crippen LogP contribution in [0.25, 0.3) is 0 Å². The zero-order valence-electron chi connectivity index (χ0n) is 8.23. The van der Waals surface area contributed by atoms with Crippen molar-refractivity contribution in [3.63, 3.8) is 0 Å². The monoisotopic (exact) mass is 190 g/mol. The first kappa shape index (κ1) is 9.06. The first-order valence-electron chi connectivity index (χ1n) is 4.88. The maximum atomic E-state index is 11.3. The second-order valence-corrected chi connectivity index (χ2v) is 3.79. The summed E-state index contributed by atoms with van der Waals surface area (Å²) >= 11 is 0. The SMILES string of the molecule is CC1CC(=O)NN(c2ccccc2)C1. The van der Waals surface area contributed by atoms with Gasteiger partial charge in [-0.15, -0.1) is 0 Å². The molecule has 1 amide bonds. The summed E-state index contributed by atoms with van der Waals surface area (Å²) in [6, 6.07) is 9.91. The number of nitrogens with one attached hydrogen (secondary N) is 1. The van der Waals surface area contributed by atoms with Crippen LogP contribution in [-0.4, -0.2) is 12.5 Å². The van der Waals surface area contributed by atoms with E-state index in [0.29, 0.717) is 12.3 Å². The Bertz CT molecular complexity index is 323. The molecule has 1 N–H and O–H groups in total. The predicted molar refractivity (Wildman–Crippen MR) is 55.7 cm³/mol. The summed E-state index contributed by atoms with van der Waals surface area (Å²) in [5.74, 6) is 0.525. The van der Waals surface area contributed by atoms with E-state index in [1.807, 2.05) is 35.3 Å². The van der Waals surface area contributed by atoms with Crippen molar-refractivity contribution in [2.45, 2.75) is 13.3 Å². The molecule has 74 valence electrons. The van der Waals surface area contributed by atoms with Crippen LogP contribution in [0.2, 0.25) is 0 Å². The van der Waals surface area contributed by atoms with Crippen molar-refractivity contribution in [2.24, 2.45) is 5.92 Å². The molecule has 0 aliphatic carbocycles. The molecule has 0 aromatic heterocycles. The van der Waals surface area contributed by atoms with E-state index in [-0.39, 0.29) is 5.91 Å². The van der Waals surface area contributed by atoms with Gasteiger partial charge < -0.3 is 0 Å². The fraction of sp³-hybridized carbons (Fsp3) is 0.364. The highest BCUT2D eigenvalue weighted by molar-refractivity contribution is 5.79. The molecular formula is C11H14N2O. The molecule has 1 heterocycles. The van der Waals surface area contributed by atoms with Crippen molar-refractivity contribution in [3.8, 4) is 0 Å². The number of para-hydroxylation sites is 1. The van der Waals surface area contributed by atoms with E-state index in [9.17, 15) is 4.79 Å². The summed E-state index contributed by atoms with van der Waals surface area (Å²) in [4.78, 5) is 11.3. The molecule has 1 aliphatic rings. The van der Waals surface area contributed by atoms with E-state index < -0.39 is 0 Å². The average molecular weight is 190 g/mol. The smallest absolute Gasteiger partial charge is 0.238 e. The van der Waals surface area contributed by atoms with Crippen molar-refractivity contribution in [2.75, 3.05) is 11.6 Å². The van der Waals surface area contributed by atoms with Crippen molar-refractivity contribution in [1.82, 2.24) is 5.43 Å². The van der Waals surface area contributed by atoms with Crippen molar-refractivity contribution >= 4 is 11.6 Å². The highest BCUT2D eigenvalue weighted by Crippen LogP contribution is 2.17. The van der Waals surface area contributed by atoms with Gasteiger partial charge in [-0.1, -0.05) is 25.1 Å². The van der Waals surface area contributed by atoms with Gasteiger partial charge in [0.1, 0.15) is 0 Å². The maximum Gasteiger partial charge on any atom is 0.238 e. The third kappa shape index (κ3) is 1.87. The Balaban J connectivity index is 2.15. The normalized spacial score (nSPS) is 21.9. The van der Waals surface area contributed by atoms with Crippen LogP contribution in [0.5, 0.6) is 0 Å². The van der Waals surface area contributed by atoms with E-state index >= 15 is 0 Å². The number of amides is 1. The van der Waals surface area contributed by atoms with Crippen LogP contribution in [0.3, 0.4) is 0 Å². The molecule has 1 fully saturated rings. The first-order chi connectivity index (χ1) is 6.75. The molecule has 1 unspecified atom stereocenters. The first-order valence-corrected chi connectivity index (χ1v) is 4.88. The number of anilines is 1. The average Bonchev–Trinajstić information content (AvgIpc) is 2.18. The highest BCUT2D eigenvalue weighted by atomic mass is 16.2. The second kappa shape index (κ2) is 3.70.